The van der Waals surface area contributed by atoms with Crippen molar-refractivity contribution in [2.75, 3.05) is 5.32 Å². The van der Waals surface area contributed by atoms with Crippen molar-refractivity contribution in [1.82, 2.24) is 0 Å². The van der Waals surface area contributed by atoms with Gasteiger partial charge < -0.3 is 10.4 Å². The van der Waals surface area contributed by atoms with E-state index in [-0.39, 0.29) is 18.5 Å². The van der Waals surface area contributed by atoms with Crippen LogP contribution in [0.25, 0.3) is 0 Å². The molecular weight excluding hydrogens is 324 g/mol. The summed E-state index contributed by atoms with van der Waals surface area (Å²) in [5.41, 5.74) is 2.18. The normalized spacial score (nSPS) is 11.6. The quantitative estimate of drug-likeness (QED) is 0.593. The number of nitro groups is 1. The Morgan fingerprint density at radius 3 is 2.44 bits per heavy atom. The molecule has 1 atom stereocenters. The van der Waals surface area contributed by atoms with E-state index in [4.69, 9.17) is 0 Å². The zero-order chi connectivity index (χ0) is 18.4. The number of aryl methyl sites for hydroxylation is 1. The van der Waals surface area contributed by atoms with Crippen molar-refractivity contribution in [2.24, 2.45) is 5.92 Å². The van der Waals surface area contributed by atoms with Gasteiger partial charge in [-0.2, -0.15) is 0 Å². The molecule has 0 aliphatic rings. The lowest BCUT2D eigenvalue weighted by atomic mass is 9.95. The number of non-ortho nitro benzene ring substituents is 1. The number of nitrogens with zero attached hydrogens (tertiary/aromatic N) is 1. The summed E-state index contributed by atoms with van der Waals surface area (Å²) in [6, 6.07) is 12.9. The lowest BCUT2D eigenvalue weighted by Gasteiger charge is -2.13. The Kier molecular flexibility index (Phi) is 5.84. The Balaban J connectivity index is 2.00. The van der Waals surface area contributed by atoms with Gasteiger partial charge in [0.25, 0.3) is 5.69 Å². The maximum absolute atomic E-state index is 12.1. The number of benzene rings is 2. The lowest BCUT2D eigenvalue weighted by molar-refractivity contribution is -0.384. The highest BCUT2D eigenvalue weighted by atomic mass is 16.6. The number of nitro benzene ring substituents is 1. The van der Waals surface area contributed by atoms with E-state index < -0.39 is 22.7 Å². The fourth-order valence-electron chi connectivity index (χ4n) is 2.47. The van der Waals surface area contributed by atoms with Gasteiger partial charge in [0, 0.05) is 24.2 Å². The van der Waals surface area contributed by atoms with Crippen LogP contribution in [0.4, 0.5) is 11.4 Å². The number of carbonyl (C=O) groups excluding carboxylic acids is 1. The minimum Gasteiger partial charge on any atom is -0.481 e. The van der Waals surface area contributed by atoms with Gasteiger partial charge in [-0.3, -0.25) is 19.7 Å². The van der Waals surface area contributed by atoms with Crippen LogP contribution in [0.3, 0.4) is 0 Å². The van der Waals surface area contributed by atoms with Crippen LogP contribution in [0.5, 0.6) is 0 Å². The molecule has 7 nitrogen and oxygen atoms in total. The Bertz CT molecular complexity index is 786. The Labute approximate surface area is 144 Å². The molecule has 25 heavy (non-hydrogen) atoms. The maximum Gasteiger partial charge on any atom is 0.307 e. The van der Waals surface area contributed by atoms with Crippen molar-refractivity contribution in [3.63, 3.8) is 0 Å². The molecule has 2 aromatic rings. The van der Waals surface area contributed by atoms with E-state index in [0.29, 0.717) is 5.69 Å². The molecular formula is C18H18N2O5. The average Bonchev–Trinajstić information content (AvgIpc) is 2.54. The molecule has 0 fully saturated rings. The third kappa shape index (κ3) is 5.42. The van der Waals surface area contributed by atoms with Crippen molar-refractivity contribution in [3.8, 4) is 0 Å². The molecule has 0 bridgehead atoms. The van der Waals surface area contributed by atoms with Gasteiger partial charge in [-0.05, 0) is 31.0 Å². The smallest absolute Gasteiger partial charge is 0.307 e. The van der Waals surface area contributed by atoms with E-state index in [2.05, 4.69) is 5.32 Å². The highest BCUT2D eigenvalue weighted by Crippen LogP contribution is 2.18. The minimum atomic E-state index is -1.04. The fraction of sp³-hybridized carbons (Fsp3) is 0.222. The third-order valence-electron chi connectivity index (χ3n) is 3.71. The van der Waals surface area contributed by atoms with Crippen LogP contribution in [-0.2, 0) is 16.0 Å². The van der Waals surface area contributed by atoms with Crippen LogP contribution in [0.15, 0.2) is 48.5 Å². The van der Waals surface area contributed by atoms with Gasteiger partial charge in [-0.1, -0.05) is 29.8 Å². The van der Waals surface area contributed by atoms with Crippen LogP contribution < -0.4 is 5.32 Å². The fourth-order valence-corrected chi connectivity index (χ4v) is 2.47. The molecule has 130 valence electrons. The van der Waals surface area contributed by atoms with Gasteiger partial charge in [0.1, 0.15) is 0 Å². The van der Waals surface area contributed by atoms with Crippen LogP contribution in [0.2, 0.25) is 0 Å². The van der Waals surface area contributed by atoms with Crippen molar-refractivity contribution >= 4 is 23.3 Å². The number of hydrogen-bond acceptors (Lipinski definition) is 4. The van der Waals surface area contributed by atoms with E-state index in [1.165, 1.54) is 24.3 Å². The van der Waals surface area contributed by atoms with Crippen molar-refractivity contribution in [1.29, 1.82) is 0 Å². The predicted molar refractivity (Wildman–Crippen MR) is 92.4 cm³/mol. The SMILES string of the molecule is Cc1cccc(C[C@@H](CC(=O)Nc2ccc([N+](=O)[O-])cc2)C(=O)O)c1. The van der Waals surface area contributed by atoms with E-state index in [0.717, 1.165) is 11.1 Å². The van der Waals surface area contributed by atoms with Crippen LogP contribution in [0.1, 0.15) is 17.5 Å². The van der Waals surface area contributed by atoms with Crippen molar-refractivity contribution in [3.05, 3.63) is 69.8 Å². The summed E-state index contributed by atoms with van der Waals surface area (Å²) in [7, 11) is 0. The number of aliphatic carboxylic acids is 1. The summed E-state index contributed by atoms with van der Waals surface area (Å²) in [6.07, 6.45) is 0.0744. The molecule has 0 heterocycles. The molecule has 0 spiro atoms. The molecule has 0 aliphatic carbocycles. The number of rotatable bonds is 7. The Morgan fingerprint density at radius 1 is 1.20 bits per heavy atom. The van der Waals surface area contributed by atoms with E-state index in [1.54, 1.807) is 0 Å². The largest absolute Gasteiger partial charge is 0.481 e. The van der Waals surface area contributed by atoms with Crippen molar-refractivity contribution in [2.45, 2.75) is 19.8 Å². The summed E-state index contributed by atoms with van der Waals surface area (Å²) < 4.78 is 0. The first-order chi connectivity index (χ1) is 11.8. The van der Waals surface area contributed by atoms with Gasteiger partial charge in [0.15, 0.2) is 0 Å². The highest BCUT2D eigenvalue weighted by molar-refractivity contribution is 5.93. The third-order valence-corrected chi connectivity index (χ3v) is 3.71. The zero-order valence-corrected chi connectivity index (χ0v) is 13.6. The van der Waals surface area contributed by atoms with Gasteiger partial charge in [-0.25, -0.2) is 0 Å². The van der Waals surface area contributed by atoms with Gasteiger partial charge >= 0.3 is 5.97 Å². The van der Waals surface area contributed by atoms with E-state index in [1.807, 2.05) is 31.2 Å². The molecule has 2 N–H and O–H groups in total. The minimum absolute atomic E-state index is 0.0825. The number of hydrogen-bond donors (Lipinski definition) is 2. The predicted octanol–water partition coefficient (Wildman–Crippen LogP) is 3.18. The molecule has 1 amide bonds. The first-order valence-corrected chi connectivity index (χ1v) is 7.68. The molecule has 0 aliphatic heterocycles. The molecule has 2 aromatic carbocycles. The Morgan fingerprint density at radius 2 is 1.88 bits per heavy atom. The molecule has 0 unspecified atom stereocenters. The first kappa shape index (κ1) is 18.1. The number of carboxylic acid groups (broad SMARTS) is 1. The standard InChI is InChI=1S/C18H18N2O5/c1-12-3-2-4-13(9-12)10-14(18(22)23)11-17(21)19-15-5-7-16(8-6-15)20(24)25/h2-9,14H,10-11H2,1H3,(H,19,21)(H,22,23)/t14-/m0/s1. The average molecular weight is 342 g/mol. The zero-order valence-electron chi connectivity index (χ0n) is 13.6. The number of carboxylic acids is 1. The summed E-state index contributed by atoms with van der Waals surface area (Å²) in [5, 5.41) is 22.5. The number of carbonyl (C=O) groups is 2. The molecule has 0 radical (unpaired) electrons. The number of anilines is 1. The topological polar surface area (TPSA) is 110 Å². The molecule has 2 rings (SSSR count). The van der Waals surface area contributed by atoms with Crippen LogP contribution >= 0.6 is 0 Å². The highest BCUT2D eigenvalue weighted by Gasteiger charge is 2.22. The maximum atomic E-state index is 12.1. The second-order valence-electron chi connectivity index (χ2n) is 5.78. The summed E-state index contributed by atoms with van der Waals surface area (Å²) >= 11 is 0. The lowest BCUT2D eigenvalue weighted by Crippen LogP contribution is -2.24. The van der Waals surface area contributed by atoms with Gasteiger partial charge in [-0.15, -0.1) is 0 Å². The molecule has 0 saturated heterocycles. The summed E-state index contributed by atoms with van der Waals surface area (Å²) in [4.78, 5) is 33.6. The number of amides is 1. The second-order valence-corrected chi connectivity index (χ2v) is 5.78. The summed E-state index contributed by atoms with van der Waals surface area (Å²) in [5.74, 6) is -2.34. The Hall–Kier alpha value is -3.22. The second kappa shape index (κ2) is 8.05. The van der Waals surface area contributed by atoms with E-state index in [9.17, 15) is 24.8 Å². The monoisotopic (exact) mass is 342 g/mol. The van der Waals surface area contributed by atoms with Crippen molar-refractivity contribution < 1.29 is 19.6 Å². The number of nitrogens with one attached hydrogen (secondary N) is 1. The molecule has 0 aromatic heterocycles. The molecule has 7 heteroatoms. The first-order valence-electron chi connectivity index (χ1n) is 7.68. The van der Waals surface area contributed by atoms with Crippen LogP contribution in [0, 0.1) is 23.0 Å². The van der Waals surface area contributed by atoms with Crippen LogP contribution in [-0.4, -0.2) is 21.9 Å². The van der Waals surface area contributed by atoms with E-state index >= 15 is 0 Å². The molecule has 0 saturated carbocycles. The van der Waals surface area contributed by atoms with Gasteiger partial charge in [0.2, 0.25) is 5.91 Å². The van der Waals surface area contributed by atoms with Gasteiger partial charge in [0.05, 0.1) is 10.8 Å². The summed E-state index contributed by atoms with van der Waals surface area (Å²) in [6.45, 7) is 1.92.